The molecule has 5 nitrogen and oxygen atoms in total. The second kappa shape index (κ2) is 4.91. The van der Waals surface area contributed by atoms with Crippen LogP contribution in [0, 0.1) is 0 Å². The standard InChI is InChI=1S/C16H18BrN5/c1-8(2)12-11(6-10-7-18-21-15(10)19-12)16-20-14(17)13(22(16)3)9-4-5-9/h6-9H,4-5H2,1-3H3,(H,18,19,21). The molecule has 0 aliphatic heterocycles. The van der Waals surface area contributed by atoms with Crippen molar-refractivity contribution in [2.24, 2.45) is 7.05 Å². The molecule has 0 spiro atoms. The molecule has 3 heterocycles. The van der Waals surface area contributed by atoms with E-state index in [2.05, 4.69) is 57.7 Å². The van der Waals surface area contributed by atoms with Gasteiger partial charge in [0.05, 0.1) is 11.4 Å². The first-order valence-electron chi connectivity index (χ1n) is 7.63. The minimum atomic E-state index is 0.316. The van der Waals surface area contributed by atoms with Crippen LogP contribution >= 0.6 is 15.9 Å². The molecule has 0 unspecified atom stereocenters. The molecule has 22 heavy (non-hydrogen) atoms. The molecule has 1 saturated carbocycles. The average Bonchev–Trinajstić information content (AvgIpc) is 3.11. The number of rotatable bonds is 3. The van der Waals surface area contributed by atoms with Crippen LogP contribution in [0.25, 0.3) is 22.4 Å². The Morgan fingerprint density at radius 2 is 2.09 bits per heavy atom. The largest absolute Gasteiger partial charge is 0.330 e. The van der Waals surface area contributed by atoms with Crippen LogP contribution in [0.5, 0.6) is 0 Å². The van der Waals surface area contributed by atoms with Crippen LogP contribution in [0.2, 0.25) is 0 Å². The zero-order chi connectivity index (χ0) is 15.4. The lowest BCUT2D eigenvalue weighted by molar-refractivity contribution is 0.807. The molecule has 0 atom stereocenters. The number of hydrogen-bond donors (Lipinski definition) is 1. The van der Waals surface area contributed by atoms with E-state index < -0.39 is 0 Å². The van der Waals surface area contributed by atoms with Gasteiger partial charge in [-0.1, -0.05) is 13.8 Å². The van der Waals surface area contributed by atoms with Crippen LogP contribution in [-0.2, 0) is 7.05 Å². The molecule has 114 valence electrons. The molecule has 0 bridgehead atoms. The third-order valence-electron chi connectivity index (χ3n) is 4.30. The SMILES string of the molecule is CC(C)c1nc2n[nH]cc2cc1-c1nc(Br)c(C2CC2)n1C. The summed E-state index contributed by atoms with van der Waals surface area (Å²) >= 11 is 3.64. The summed E-state index contributed by atoms with van der Waals surface area (Å²) in [5.41, 5.74) is 4.21. The maximum absolute atomic E-state index is 4.78. The second-order valence-electron chi connectivity index (χ2n) is 6.32. The van der Waals surface area contributed by atoms with Crippen LogP contribution in [-0.4, -0.2) is 24.7 Å². The molecule has 1 N–H and O–H groups in total. The van der Waals surface area contributed by atoms with E-state index in [4.69, 9.17) is 9.97 Å². The van der Waals surface area contributed by atoms with Gasteiger partial charge in [0.25, 0.3) is 0 Å². The van der Waals surface area contributed by atoms with Gasteiger partial charge in [-0.2, -0.15) is 5.10 Å². The number of nitrogens with one attached hydrogen (secondary N) is 1. The van der Waals surface area contributed by atoms with Gasteiger partial charge in [0, 0.05) is 30.1 Å². The summed E-state index contributed by atoms with van der Waals surface area (Å²) in [6, 6.07) is 2.15. The van der Waals surface area contributed by atoms with E-state index in [9.17, 15) is 0 Å². The highest BCUT2D eigenvalue weighted by molar-refractivity contribution is 9.10. The summed E-state index contributed by atoms with van der Waals surface area (Å²) in [4.78, 5) is 9.53. The van der Waals surface area contributed by atoms with Crippen LogP contribution < -0.4 is 0 Å². The lowest BCUT2D eigenvalue weighted by atomic mass is 10.0. The average molecular weight is 360 g/mol. The van der Waals surface area contributed by atoms with Crippen molar-refractivity contribution in [3.05, 3.63) is 28.3 Å². The van der Waals surface area contributed by atoms with Gasteiger partial charge in [0.15, 0.2) is 5.65 Å². The zero-order valence-electron chi connectivity index (χ0n) is 12.9. The van der Waals surface area contributed by atoms with Crippen molar-refractivity contribution >= 4 is 27.0 Å². The molecule has 0 aromatic carbocycles. The zero-order valence-corrected chi connectivity index (χ0v) is 14.5. The summed E-state index contributed by atoms with van der Waals surface area (Å²) in [7, 11) is 2.10. The van der Waals surface area contributed by atoms with E-state index >= 15 is 0 Å². The molecular weight excluding hydrogens is 342 g/mol. The highest BCUT2D eigenvalue weighted by Gasteiger charge is 2.31. The Labute approximate surface area is 137 Å². The lowest BCUT2D eigenvalue weighted by Crippen LogP contribution is -2.03. The normalized spacial score (nSPS) is 15.1. The van der Waals surface area contributed by atoms with Gasteiger partial charge >= 0.3 is 0 Å². The number of aromatic nitrogens is 5. The number of fused-ring (bicyclic) bond motifs is 1. The Bertz CT molecular complexity index is 857. The summed E-state index contributed by atoms with van der Waals surface area (Å²) in [6.07, 6.45) is 4.40. The van der Waals surface area contributed by atoms with E-state index in [-0.39, 0.29) is 0 Å². The highest BCUT2D eigenvalue weighted by atomic mass is 79.9. The Balaban J connectivity index is 1.96. The van der Waals surface area contributed by atoms with Crippen molar-refractivity contribution in [2.75, 3.05) is 0 Å². The molecule has 0 amide bonds. The van der Waals surface area contributed by atoms with Crippen LogP contribution in [0.3, 0.4) is 0 Å². The third kappa shape index (κ3) is 2.08. The minimum Gasteiger partial charge on any atom is -0.330 e. The van der Waals surface area contributed by atoms with Gasteiger partial charge in [-0.25, -0.2) is 9.97 Å². The predicted octanol–water partition coefficient (Wildman–Crippen LogP) is 4.12. The smallest absolute Gasteiger partial charge is 0.181 e. The van der Waals surface area contributed by atoms with E-state index in [1.165, 1.54) is 18.5 Å². The van der Waals surface area contributed by atoms with Gasteiger partial charge in [-0.3, -0.25) is 5.10 Å². The molecule has 1 aliphatic rings. The monoisotopic (exact) mass is 359 g/mol. The second-order valence-corrected chi connectivity index (χ2v) is 7.07. The van der Waals surface area contributed by atoms with Gasteiger partial charge < -0.3 is 4.57 Å². The lowest BCUT2D eigenvalue weighted by Gasteiger charge is -2.12. The Kier molecular flexibility index (Phi) is 3.11. The van der Waals surface area contributed by atoms with E-state index in [0.29, 0.717) is 11.8 Å². The molecule has 1 fully saturated rings. The number of nitrogens with zero attached hydrogens (tertiary/aromatic N) is 4. The summed E-state index contributed by atoms with van der Waals surface area (Å²) in [5, 5.41) is 8.12. The first-order chi connectivity index (χ1) is 10.6. The summed E-state index contributed by atoms with van der Waals surface area (Å²) in [6.45, 7) is 4.31. The number of imidazole rings is 1. The molecule has 0 radical (unpaired) electrons. The maximum atomic E-state index is 4.78. The molecule has 4 rings (SSSR count). The first-order valence-corrected chi connectivity index (χ1v) is 8.42. The van der Waals surface area contributed by atoms with Crippen molar-refractivity contribution < 1.29 is 0 Å². The van der Waals surface area contributed by atoms with Gasteiger partial charge in [0.1, 0.15) is 10.4 Å². The molecule has 3 aromatic rings. The third-order valence-corrected chi connectivity index (χ3v) is 4.88. The molecule has 0 saturated heterocycles. The van der Waals surface area contributed by atoms with Crippen LogP contribution in [0.1, 0.15) is 49.9 Å². The van der Waals surface area contributed by atoms with Crippen molar-refractivity contribution in [3.8, 4) is 11.4 Å². The Morgan fingerprint density at radius 1 is 1.32 bits per heavy atom. The van der Waals surface area contributed by atoms with E-state index in [1.54, 1.807) is 0 Å². The number of H-pyrrole nitrogens is 1. The van der Waals surface area contributed by atoms with E-state index in [0.717, 1.165) is 32.7 Å². The number of hydrogen-bond acceptors (Lipinski definition) is 3. The number of halogens is 1. The van der Waals surface area contributed by atoms with Crippen LogP contribution in [0.4, 0.5) is 0 Å². The minimum absolute atomic E-state index is 0.316. The summed E-state index contributed by atoms with van der Waals surface area (Å²) in [5.74, 6) is 1.94. The van der Waals surface area contributed by atoms with E-state index in [1.807, 2.05) is 6.20 Å². The summed E-state index contributed by atoms with van der Waals surface area (Å²) < 4.78 is 3.19. The van der Waals surface area contributed by atoms with Gasteiger partial charge in [-0.15, -0.1) is 0 Å². The maximum Gasteiger partial charge on any atom is 0.181 e. The number of aromatic amines is 1. The number of pyridine rings is 1. The predicted molar refractivity (Wildman–Crippen MR) is 89.9 cm³/mol. The van der Waals surface area contributed by atoms with Crippen molar-refractivity contribution in [3.63, 3.8) is 0 Å². The van der Waals surface area contributed by atoms with Crippen molar-refractivity contribution in [1.29, 1.82) is 0 Å². The Hall–Kier alpha value is -1.69. The quantitative estimate of drug-likeness (QED) is 0.764. The van der Waals surface area contributed by atoms with Crippen LogP contribution in [0.15, 0.2) is 16.9 Å². The van der Waals surface area contributed by atoms with Gasteiger partial charge in [-0.05, 0) is 40.8 Å². The fraction of sp³-hybridized carbons (Fsp3) is 0.438. The topological polar surface area (TPSA) is 59.4 Å². The highest BCUT2D eigenvalue weighted by Crippen LogP contribution is 2.44. The van der Waals surface area contributed by atoms with Crippen molar-refractivity contribution in [2.45, 2.75) is 38.5 Å². The molecule has 3 aromatic heterocycles. The van der Waals surface area contributed by atoms with Crippen molar-refractivity contribution in [1.82, 2.24) is 24.7 Å². The molecule has 1 aliphatic carbocycles. The molecular formula is C16H18BrN5. The fourth-order valence-corrected chi connectivity index (χ4v) is 3.79. The molecule has 6 heteroatoms. The van der Waals surface area contributed by atoms with Gasteiger partial charge in [0.2, 0.25) is 0 Å². The first kappa shape index (κ1) is 13.9. The fourth-order valence-electron chi connectivity index (χ4n) is 3.03. The Morgan fingerprint density at radius 3 is 2.77 bits per heavy atom.